The largest absolute Gasteiger partial charge is 0.484 e. The molecule has 0 N–H and O–H groups in total. The van der Waals surface area contributed by atoms with Crippen LogP contribution in [0.25, 0.3) is 5.65 Å². The molecule has 2 saturated heterocycles. The molecule has 0 unspecified atom stereocenters. The number of anilines is 1. The van der Waals surface area contributed by atoms with E-state index in [2.05, 4.69) is 17.2 Å². The molecule has 8 heteroatoms. The first-order valence-corrected chi connectivity index (χ1v) is 11.3. The van der Waals surface area contributed by atoms with Gasteiger partial charge in [-0.3, -0.25) is 4.79 Å². The quantitative estimate of drug-likeness (QED) is 0.614. The first-order valence-electron chi connectivity index (χ1n) is 11.3. The summed E-state index contributed by atoms with van der Waals surface area (Å²) in [5, 5.41) is 4.77. The van der Waals surface area contributed by atoms with Gasteiger partial charge in [-0.05, 0) is 43.5 Å². The van der Waals surface area contributed by atoms with E-state index in [4.69, 9.17) is 19.6 Å². The van der Waals surface area contributed by atoms with Crippen LogP contribution >= 0.6 is 0 Å². The van der Waals surface area contributed by atoms with Crippen LogP contribution in [0.2, 0.25) is 0 Å². The Bertz CT molecular complexity index is 1080. The SMILES string of the molecule is Cc1ccccc1OCC(=O)N1CCC(c2nc3ccc(N4CCOCC4)cn3n2)CC1. The third kappa shape index (κ3) is 4.41. The van der Waals surface area contributed by atoms with Gasteiger partial charge in [-0.2, -0.15) is 5.10 Å². The van der Waals surface area contributed by atoms with Crippen LogP contribution in [0, 0.1) is 6.92 Å². The Hall–Kier alpha value is -3.13. The van der Waals surface area contributed by atoms with E-state index in [1.807, 2.05) is 46.7 Å². The number of aryl methyl sites for hydroxylation is 1. The number of carbonyl (C=O) groups is 1. The van der Waals surface area contributed by atoms with Crippen LogP contribution in [-0.4, -0.2) is 71.4 Å². The number of nitrogens with zero attached hydrogens (tertiary/aromatic N) is 5. The molecule has 8 nitrogen and oxygen atoms in total. The lowest BCUT2D eigenvalue weighted by molar-refractivity contribution is -0.134. The van der Waals surface area contributed by atoms with Crippen LogP contribution in [0.15, 0.2) is 42.6 Å². The molecular formula is C24H29N5O3. The molecule has 2 aliphatic rings. The highest BCUT2D eigenvalue weighted by Gasteiger charge is 2.27. The fourth-order valence-electron chi connectivity index (χ4n) is 4.41. The number of rotatable bonds is 5. The van der Waals surface area contributed by atoms with Gasteiger partial charge >= 0.3 is 0 Å². The highest BCUT2D eigenvalue weighted by Crippen LogP contribution is 2.27. The number of para-hydroxylation sites is 1. The maximum Gasteiger partial charge on any atom is 0.260 e. The van der Waals surface area contributed by atoms with Gasteiger partial charge in [0.05, 0.1) is 25.1 Å². The molecule has 2 fully saturated rings. The number of morpholine rings is 1. The minimum Gasteiger partial charge on any atom is -0.484 e. The zero-order valence-corrected chi connectivity index (χ0v) is 18.4. The highest BCUT2D eigenvalue weighted by atomic mass is 16.5. The van der Waals surface area contributed by atoms with Gasteiger partial charge in [0.25, 0.3) is 5.91 Å². The molecule has 0 radical (unpaired) electrons. The molecule has 0 bridgehead atoms. The smallest absolute Gasteiger partial charge is 0.260 e. The number of amides is 1. The molecule has 5 rings (SSSR count). The van der Waals surface area contributed by atoms with E-state index in [0.29, 0.717) is 13.1 Å². The highest BCUT2D eigenvalue weighted by molar-refractivity contribution is 5.78. The molecule has 0 atom stereocenters. The molecule has 32 heavy (non-hydrogen) atoms. The standard InChI is InChI=1S/C24H29N5O3/c1-18-4-2-3-5-21(18)32-17-23(30)28-10-8-19(9-11-28)24-25-22-7-6-20(16-29(22)26-24)27-12-14-31-15-13-27/h2-7,16,19H,8-15,17H2,1H3. The fourth-order valence-corrected chi connectivity index (χ4v) is 4.41. The fraction of sp³-hybridized carbons (Fsp3) is 0.458. The van der Waals surface area contributed by atoms with Crippen molar-refractivity contribution in [3.05, 3.63) is 54.0 Å². The summed E-state index contributed by atoms with van der Waals surface area (Å²) in [6.07, 6.45) is 3.78. The predicted octanol–water partition coefficient (Wildman–Crippen LogP) is 2.66. The maximum atomic E-state index is 12.6. The van der Waals surface area contributed by atoms with Crippen LogP contribution in [0.3, 0.4) is 0 Å². The van der Waals surface area contributed by atoms with Gasteiger partial charge in [0, 0.05) is 32.1 Å². The van der Waals surface area contributed by atoms with Crippen molar-refractivity contribution in [3.63, 3.8) is 0 Å². The molecule has 2 aromatic heterocycles. The number of benzene rings is 1. The number of piperidine rings is 1. The van der Waals surface area contributed by atoms with Crippen molar-refractivity contribution in [2.45, 2.75) is 25.7 Å². The summed E-state index contributed by atoms with van der Waals surface area (Å²) in [7, 11) is 0. The van der Waals surface area contributed by atoms with Crippen LogP contribution < -0.4 is 9.64 Å². The van der Waals surface area contributed by atoms with Gasteiger partial charge in [-0.25, -0.2) is 9.50 Å². The van der Waals surface area contributed by atoms with Gasteiger partial charge in [0.1, 0.15) is 5.75 Å². The summed E-state index contributed by atoms with van der Waals surface area (Å²) < 4.78 is 13.1. The Morgan fingerprint density at radius 3 is 2.66 bits per heavy atom. The van der Waals surface area contributed by atoms with E-state index < -0.39 is 0 Å². The van der Waals surface area contributed by atoms with Crippen molar-refractivity contribution in [3.8, 4) is 5.75 Å². The average Bonchev–Trinajstić information content (AvgIpc) is 3.27. The van der Waals surface area contributed by atoms with Crippen LogP contribution in [-0.2, 0) is 9.53 Å². The van der Waals surface area contributed by atoms with Gasteiger partial charge in [0.2, 0.25) is 0 Å². The van der Waals surface area contributed by atoms with E-state index in [1.54, 1.807) is 0 Å². The molecule has 0 aliphatic carbocycles. The number of likely N-dealkylation sites (tertiary alicyclic amines) is 1. The number of aromatic nitrogens is 3. The van der Waals surface area contributed by atoms with E-state index in [1.165, 1.54) is 0 Å². The van der Waals surface area contributed by atoms with E-state index in [-0.39, 0.29) is 18.4 Å². The summed E-state index contributed by atoms with van der Waals surface area (Å²) >= 11 is 0. The number of hydrogen-bond donors (Lipinski definition) is 0. The number of carbonyl (C=O) groups excluding carboxylic acids is 1. The van der Waals surface area contributed by atoms with Crippen LogP contribution in [0.5, 0.6) is 5.75 Å². The Morgan fingerprint density at radius 2 is 1.88 bits per heavy atom. The van der Waals surface area contributed by atoms with E-state index in [0.717, 1.165) is 67.6 Å². The Balaban J connectivity index is 1.18. The second kappa shape index (κ2) is 9.16. The summed E-state index contributed by atoms with van der Waals surface area (Å²) in [6, 6.07) is 11.9. The molecule has 0 spiro atoms. The molecule has 2 aliphatic heterocycles. The lowest BCUT2D eigenvalue weighted by Crippen LogP contribution is -2.40. The molecule has 168 valence electrons. The second-order valence-corrected chi connectivity index (χ2v) is 8.47. The molecule has 1 amide bonds. The topological polar surface area (TPSA) is 72.2 Å². The Morgan fingerprint density at radius 1 is 1.09 bits per heavy atom. The van der Waals surface area contributed by atoms with E-state index in [9.17, 15) is 4.79 Å². The zero-order chi connectivity index (χ0) is 21.9. The average molecular weight is 436 g/mol. The monoisotopic (exact) mass is 435 g/mol. The van der Waals surface area contributed by atoms with Gasteiger partial charge in [-0.15, -0.1) is 0 Å². The van der Waals surface area contributed by atoms with Crippen LogP contribution in [0.4, 0.5) is 5.69 Å². The Labute approximate surface area is 187 Å². The zero-order valence-electron chi connectivity index (χ0n) is 18.4. The predicted molar refractivity (Wildman–Crippen MR) is 121 cm³/mol. The summed E-state index contributed by atoms with van der Waals surface area (Å²) in [6.45, 7) is 6.77. The van der Waals surface area contributed by atoms with Crippen molar-refractivity contribution in [2.24, 2.45) is 0 Å². The molecular weight excluding hydrogens is 406 g/mol. The molecule has 3 aromatic rings. The normalized spacial score (nSPS) is 17.7. The minimum atomic E-state index is 0.0322. The lowest BCUT2D eigenvalue weighted by Gasteiger charge is -2.30. The maximum absolute atomic E-state index is 12.6. The summed E-state index contributed by atoms with van der Waals surface area (Å²) in [5.41, 5.74) is 3.04. The summed E-state index contributed by atoms with van der Waals surface area (Å²) in [4.78, 5) is 21.6. The second-order valence-electron chi connectivity index (χ2n) is 8.47. The van der Waals surface area contributed by atoms with Gasteiger partial charge in [-0.1, -0.05) is 18.2 Å². The Kier molecular flexibility index (Phi) is 5.94. The third-order valence-corrected chi connectivity index (χ3v) is 6.37. The minimum absolute atomic E-state index is 0.0322. The number of ether oxygens (including phenoxy) is 2. The van der Waals surface area contributed by atoms with Crippen LogP contribution in [0.1, 0.15) is 30.1 Å². The number of hydrogen-bond acceptors (Lipinski definition) is 6. The van der Waals surface area contributed by atoms with Crippen molar-refractivity contribution < 1.29 is 14.3 Å². The van der Waals surface area contributed by atoms with Crippen molar-refractivity contribution >= 4 is 17.2 Å². The number of fused-ring (bicyclic) bond motifs is 1. The van der Waals surface area contributed by atoms with E-state index >= 15 is 0 Å². The van der Waals surface area contributed by atoms with Crippen molar-refractivity contribution in [1.29, 1.82) is 0 Å². The van der Waals surface area contributed by atoms with Gasteiger partial charge in [0.15, 0.2) is 18.1 Å². The molecule has 4 heterocycles. The van der Waals surface area contributed by atoms with Crippen molar-refractivity contribution in [2.75, 3.05) is 50.9 Å². The molecule has 0 saturated carbocycles. The number of pyridine rings is 1. The van der Waals surface area contributed by atoms with Gasteiger partial charge < -0.3 is 19.3 Å². The summed E-state index contributed by atoms with van der Waals surface area (Å²) in [5.74, 6) is 1.93. The first kappa shape index (κ1) is 20.8. The van der Waals surface area contributed by atoms with Crippen molar-refractivity contribution in [1.82, 2.24) is 19.5 Å². The lowest BCUT2D eigenvalue weighted by atomic mass is 9.96. The molecule has 1 aromatic carbocycles. The first-order chi connectivity index (χ1) is 15.7. The third-order valence-electron chi connectivity index (χ3n) is 6.37.